The van der Waals surface area contributed by atoms with Crippen molar-refractivity contribution in [2.45, 2.75) is 41.5 Å². The second kappa shape index (κ2) is 2.72. The highest BCUT2D eigenvalue weighted by Gasteiger charge is 2.47. The SMILES string of the molecule is CC(C)(C)C1=C(C(C)(C)C)P1Cl. The fraction of sp³-hybridized carbons (Fsp3) is 0.800. The second-order valence-electron chi connectivity index (χ2n) is 5.48. The smallest absolute Gasteiger partial charge is 0.0460 e. The molecule has 0 aromatic heterocycles. The van der Waals surface area contributed by atoms with Crippen LogP contribution in [0.2, 0.25) is 0 Å². The maximum absolute atomic E-state index is 6.28. The predicted octanol–water partition coefficient (Wildman–Crippen LogP) is 4.94. The third-order valence-corrected chi connectivity index (χ3v) is 5.35. The molecule has 0 aromatic carbocycles. The van der Waals surface area contributed by atoms with Gasteiger partial charge < -0.3 is 0 Å². The topological polar surface area (TPSA) is 0 Å². The van der Waals surface area contributed by atoms with Crippen LogP contribution >= 0.6 is 18.5 Å². The molecule has 2 heteroatoms. The van der Waals surface area contributed by atoms with Gasteiger partial charge in [0.25, 0.3) is 0 Å². The summed E-state index contributed by atoms with van der Waals surface area (Å²) >= 11 is 6.28. The van der Waals surface area contributed by atoms with Crippen LogP contribution in [-0.4, -0.2) is 0 Å². The minimum Gasteiger partial charge on any atom is -0.0865 e. The van der Waals surface area contributed by atoms with E-state index in [9.17, 15) is 0 Å². The molecule has 0 N–H and O–H groups in total. The second-order valence-corrected chi connectivity index (χ2v) is 7.95. The monoisotopic (exact) mass is 204 g/mol. The van der Waals surface area contributed by atoms with E-state index in [1.807, 2.05) is 0 Å². The van der Waals surface area contributed by atoms with E-state index in [1.54, 1.807) is 0 Å². The zero-order chi connectivity index (χ0) is 9.73. The summed E-state index contributed by atoms with van der Waals surface area (Å²) in [6.07, 6.45) is 0. The van der Waals surface area contributed by atoms with Crippen molar-refractivity contribution in [2.75, 3.05) is 0 Å². The van der Waals surface area contributed by atoms with Gasteiger partial charge in [0, 0.05) is 7.27 Å². The van der Waals surface area contributed by atoms with Crippen LogP contribution in [-0.2, 0) is 0 Å². The molecule has 0 saturated heterocycles. The first-order chi connectivity index (χ1) is 5.15. The van der Waals surface area contributed by atoms with Crippen molar-refractivity contribution < 1.29 is 0 Å². The Morgan fingerprint density at radius 2 is 1.08 bits per heavy atom. The number of rotatable bonds is 0. The normalized spacial score (nSPS) is 20.2. The van der Waals surface area contributed by atoms with Gasteiger partial charge in [-0.2, -0.15) is 0 Å². The fourth-order valence-electron chi connectivity index (χ4n) is 1.44. The van der Waals surface area contributed by atoms with E-state index in [0.29, 0.717) is 0 Å². The predicted molar refractivity (Wildman–Crippen MR) is 58.7 cm³/mol. The van der Waals surface area contributed by atoms with E-state index in [1.165, 1.54) is 10.6 Å². The lowest BCUT2D eigenvalue weighted by Gasteiger charge is -2.15. The average Bonchev–Trinajstić information content (AvgIpc) is 2.35. The molecule has 0 nitrogen and oxygen atoms in total. The Morgan fingerprint density at radius 3 is 1.17 bits per heavy atom. The summed E-state index contributed by atoms with van der Waals surface area (Å²) in [5.74, 6) is 0. The molecule has 0 saturated carbocycles. The zero-order valence-corrected chi connectivity index (χ0v) is 10.5. The van der Waals surface area contributed by atoms with E-state index in [0.717, 1.165) is 0 Å². The fourth-order valence-corrected chi connectivity index (χ4v) is 5.81. The van der Waals surface area contributed by atoms with Crippen LogP contribution in [0.15, 0.2) is 10.6 Å². The first-order valence-corrected chi connectivity index (χ1v) is 6.61. The maximum atomic E-state index is 6.28. The van der Waals surface area contributed by atoms with Crippen molar-refractivity contribution in [3.63, 3.8) is 0 Å². The molecule has 1 rings (SSSR count). The van der Waals surface area contributed by atoms with Gasteiger partial charge in [0.2, 0.25) is 0 Å². The van der Waals surface area contributed by atoms with Crippen molar-refractivity contribution in [3.05, 3.63) is 10.6 Å². The number of hydrogen-bond donors (Lipinski definition) is 0. The Hall–Kier alpha value is 0.460. The molecule has 0 atom stereocenters. The van der Waals surface area contributed by atoms with Crippen molar-refractivity contribution >= 4 is 18.5 Å². The lowest BCUT2D eigenvalue weighted by molar-refractivity contribution is 0.502. The average molecular weight is 205 g/mol. The standard InChI is InChI=1S/C10H18ClP/c1-9(2,3)7-8(12(7)11)10(4,5)6/h1-6H3. The minimum absolute atomic E-state index is 0.288. The van der Waals surface area contributed by atoms with E-state index in [2.05, 4.69) is 41.5 Å². The molecule has 12 heavy (non-hydrogen) atoms. The van der Waals surface area contributed by atoms with Crippen LogP contribution in [0.4, 0.5) is 0 Å². The van der Waals surface area contributed by atoms with Gasteiger partial charge in [0.05, 0.1) is 0 Å². The van der Waals surface area contributed by atoms with Gasteiger partial charge >= 0.3 is 0 Å². The third kappa shape index (κ3) is 1.86. The summed E-state index contributed by atoms with van der Waals surface area (Å²) in [5, 5.41) is 3.04. The molecule has 0 unspecified atom stereocenters. The highest BCUT2D eigenvalue weighted by atomic mass is 35.7. The summed E-state index contributed by atoms with van der Waals surface area (Å²) in [6.45, 7) is 13.5. The zero-order valence-electron chi connectivity index (χ0n) is 8.83. The van der Waals surface area contributed by atoms with Crippen molar-refractivity contribution in [1.29, 1.82) is 0 Å². The van der Waals surface area contributed by atoms with E-state index in [-0.39, 0.29) is 18.1 Å². The van der Waals surface area contributed by atoms with Crippen molar-refractivity contribution in [2.24, 2.45) is 10.8 Å². The van der Waals surface area contributed by atoms with Crippen LogP contribution in [0, 0.1) is 10.8 Å². The molecule has 0 aromatic rings. The molecule has 0 aliphatic carbocycles. The van der Waals surface area contributed by atoms with Gasteiger partial charge in [-0.15, -0.1) is 0 Å². The van der Waals surface area contributed by atoms with Crippen LogP contribution in [0.3, 0.4) is 0 Å². The van der Waals surface area contributed by atoms with Crippen LogP contribution in [0.25, 0.3) is 0 Å². The Balaban J connectivity index is 2.90. The molecule has 70 valence electrons. The number of hydrogen-bond acceptors (Lipinski definition) is 0. The van der Waals surface area contributed by atoms with E-state index >= 15 is 0 Å². The van der Waals surface area contributed by atoms with E-state index in [4.69, 9.17) is 11.2 Å². The largest absolute Gasteiger partial charge is 0.0865 e. The van der Waals surface area contributed by atoms with E-state index < -0.39 is 0 Å². The molecule has 0 bridgehead atoms. The molecule has 1 aliphatic heterocycles. The molecule has 0 amide bonds. The minimum atomic E-state index is -0.368. The third-order valence-electron chi connectivity index (χ3n) is 1.99. The molecular weight excluding hydrogens is 187 g/mol. The van der Waals surface area contributed by atoms with Crippen molar-refractivity contribution in [1.82, 2.24) is 0 Å². The molecule has 0 fully saturated rings. The molecule has 1 aliphatic rings. The summed E-state index contributed by atoms with van der Waals surface area (Å²) in [7, 11) is -0.368. The van der Waals surface area contributed by atoms with Crippen LogP contribution in [0.1, 0.15) is 41.5 Å². The Kier molecular flexibility index (Phi) is 2.39. The Morgan fingerprint density at radius 1 is 0.833 bits per heavy atom. The highest BCUT2D eigenvalue weighted by molar-refractivity contribution is 7.96. The van der Waals surface area contributed by atoms with Gasteiger partial charge in [-0.1, -0.05) is 52.8 Å². The lowest BCUT2D eigenvalue weighted by atomic mass is 9.89. The number of allylic oxidation sites excluding steroid dienone is 2. The van der Waals surface area contributed by atoms with Gasteiger partial charge in [0.1, 0.15) is 0 Å². The summed E-state index contributed by atoms with van der Waals surface area (Å²) < 4.78 is 0. The maximum Gasteiger partial charge on any atom is 0.0460 e. The van der Waals surface area contributed by atoms with Gasteiger partial charge in [0.15, 0.2) is 0 Å². The Labute approximate surface area is 81.9 Å². The summed E-state index contributed by atoms with van der Waals surface area (Å²) in [4.78, 5) is 0. The molecule has 1 heterocycles. The first-order valence-electron chi connectivity index (χ1n) is 4.37. The van der Waals surface area contributed by atoms with Crippen LogP contribution < -0.4 is 0 Å². The van der Waals surface area contributed by atoms with Gasteiger partial charge in [-0.3, -0.25) is 0 Å². The van der Waals surface area contributed by atoms with Crippen LogP contribution in [0.5, 0.6) is 0 Å². The molecular formula is C10H18ClP. The lowest BCUT2D eigenvalue weighted by Crippen LogP contribution is -2.04. The number of halogens is 1. The first kappa shape index (κ1) is 10.5. The molecule has 0 spiro atoms. The summed E-state index contributed by atoms with van der Waals surface area (Å²) in [5.41, 5.74) is 0.576. The van der Waals surface area contributed by atoms with Gasteiger partial charge in [-0.05, 0) is 21.5 Å². The van der Waals surface area contributed by atoms with Gasteiger partial charge in [-0.25, -0.2) is 0 Å². The Bertz CT molecular complexity index is 203. The summed E-state index contributed by atoms with van der Waals surface area (Å²) in [6, 6.07) is 0. The van der Waals surface area contributed by atoms with Crippen molar-refractivity contribution in [3.8, 4) is 0 Å². The highest BCUT2D eigenvalue weighted by Crippen LogP contribution is 2.81. The quantitative estimate of drug-likeness (QED) is 0.491. The molecule has 0 radical (unpaired) electrons.